The number of ether oxygens (including phenoxy) is 1. The van der Waals surface area contributed by atoms with Crippen LogP contribution in [-0.2, 0) is 4.74 Å². The van der Waals surface area contributed by atoms with E-state index in [1.165, 1.54) is 18.2 Å². The van der Waals surface area contributed by atoms with Crippen LogP contribution in [0.15, 0.2) is 53.4 Å². The van der Waals surface area contributed by atoms with Gasteiger partial charge in [-0.15, -0.1) is 11.8 Å². The summed E-state index contributed by atoms with van der Waals surface area (Å²) >= 11 is 7.80. The normalized spacial score (nSPS) is 15.9. The number of nitrogens with one attached hydrogen (secondary N) is 1. The Labute approximate surface area is 166 Å². The van der Waals surface area contributed by atoms with Crippen molar-refractivity contribution in [3.8, 4) is 0 Å². The zero-order chi connectivity index (χ0) is 19.3. The third-order valence-corrected chi connectivity index (χ3v) is 6.28. The molecule has 3 rings (SSSR count). The van der Waals surface area contributed by atoms with E-state index in [1.807, 2.05) is 30.3 Å². The van der Waals surface area contributed by atoms with Crippen LogP contribution in [-0.4, -0.2) is 35.3 Å². The fraction of sp³-hybridized carbons (Fsp3) is 0.316. The number of nitro benzene ring substituents is 1. The lowest BCUT2D eigenvalue weighted by Gasteiger charge is -2.36. The van der Waals surface area contributed by atoms with E-state index < -0.39 is 10.8 Å². The lowest BCUT2D eigenvalue weighted by Crippen LogP contribution is -2.44. The highest BCUT2D eigenvalue weighted by atomic mass is 35.5. The second-order valence-electron chi connectivity index (χ2n) is 6.31. The van der Waals surface area contributed by atoms with Gasteiger partial charge in [0.05, 0.1) is 15.5 Å². The number of amides is 1. The summed E-state index contributed by atoms with van der Waals surface area (Å²) in [6, 6.07) is 13.9. The van der Waals surface area contributed by atoms with Crippen molar-refractivity contribution in [2.45, 2.75) is 22.5 Å². The van der Waals surface area contributed by atoms with Crippen LogP contribution in [0.5, 0.6) is 0 Å². The van der Waals surface area contributed by atoms with Crippen LogP contribution >= 0.6 is 23.4 Å². The topological polar surface area (TPSA) is 81.5 Å². The van der Waals surface area contributed by atoms with Gasteiger partial charge in [-0.1, -0.05) is 29.8 Å². The Kier molecular flexibility index (Phi) is 6.36. The lowest BCUT2D eigenvalue weighted by molar-refractivity contribution is -0.384. The van der Waals surface area contributed by atoms with E-state index in [2.05, 4.69) is 5.32 Å². The fourth-order valence-electron chi connectivity index (χ4n) is 2.93. The van der Waals surface area contributed by atoms with Gasteiger partial charge >= 0.3 is 0 Å². The summed E-state index contributed by atoms with van der Waals surface area (Å²) in [5, 5.41) is 14.1. The molecule has 0 unspecified atom stereocenters. The summed E-state index contributed by atoms with van der Waals surface area (Å²) in [5.74, 6) is -0.414. The first-order valence-corrected chi connectivity index (χ1v) is 9.72. The van der Waals surface area contributed by atoms with Crippen LogP contribution < -0.4 is 5.32 Å². The molecule has 1 amide bonds. The number of hydrogen-bond donors (Lipinski definition) is 1. The smallest absolute Gasteiger partial charge is 0.270 e. The van der Waals surface area contributed by atoms with Crippen LogP contribution in [0.3, 0.4) is 0 Å². The molecule has 0 aromatic heterocycles. The van der Waals surface area contributed by atoms with Crippen molar-refractivity contribution in [2.24, 2.45) is 0 Å². The van der Waals surface area contributed by atoms with Gasteiger partial charge < -0.3 is 10.1 Å². The SMILES string of the molecule is O=C(NCC1(Sc2ccccc2)CCOCC1)c1cc([N+](=O)[O-])ccc1Cl. The maximum Gasteiger partial charge on any atom is 0.270 e. The van der Waals surface area contributed by atoms with Gasteiger partial charge in [0.1, 0.15) is 0 Å². The third kappa shape index (κ3) is 5.00. The Hall–Kier alpha value is -2.09. The molecule has 1 heterocycles. The number of carbonyl (C=O) groups is 1. The predicted molar refractivity (Wildman–Crippen MR) is 106 cm³/mol. The molecule has 27 heavy (non-hydrogen) atoms. The zero-order valence-electron chi connectivity index (χ0n) is 14.5. The van der Waals surface area contributed by atoms with Crippen molar-refractivity contribution >= 4 is 35.0 Å². The maximum absolute atomic E-state index is 12.6. The highest BCUT2D eigenvalue weighted by Crippen LogP contribution is 2.40. The molecule has 8 heteroatoms. The molecule has 2 aromatic carbocycles. The van der Waals surface area contributed by atoms with Crippen LogP contribution in [0.4, 0.5) is 5.69 Å². The van der Waals surface area contributed by atoms with E-state index in [9.17, 15) is 14.9 Å². The third-order valence-electron chi connectivity index (χ3n) is 4.46. The predicted octanol–water partition coefficient (Wildman–Crippen LogP) is 4.32. The molecule has 0 radical (unpaired) electrons. The minimum Gasteiger partial charge on any atom is -0.381 e. The Morgan fingerprint density at radius 2 is 1.93 bits per heavy atom. The number of carbonyl (C=O) groups excluding carboxylic acids is 1. The number of nitrogens with zero attached hydrogens (tertiary/aromatic N) is 1. The highest BCUT2D eigenvalue weighted by Gasteiger charge is 2.34. The van der Waals surface area contributed by atoms with Gasteiger partial charge in [0.25, 0.3) is 11.6 Å². The molecule has 2 aromatic rings. The minimum absolute atomic E-state index is 0.109. The van der Waals surface area contributed by atoms with E-state index in [0.717, 1.165) is 17.7 Å². The quantitative estimate of drug-likeness (QED) is 0.570. The largest absolute Gasteiger partial charge is 0.381 e. The molecule has 1 N–H and O–H groups in total. The van der Waals surface area contributed by atoms with E-state index >= 15 is 0 Å². The Morgan fingerprint density at radius 1 is 1.22 bits per heavy atom. The van der Waals surface area contributed by atoms with Gasteiger partial charge in [0, 0.05) is 41.5 Å². The van der Waals surface area contributed by atoms with E-state index in [-0.39, 0.29) is 21.0 Å². The van der Waals surface area contributed by atoms with Gasteiger partial charge in [-0.2, -0.15) is 0 Å². The van der Waals surface area contributed by atoms with Crippen LogP contribution in [0.2, 0.25) is 5.02 Å². The number of non-ortho nitro benzene ring substituents is 1. The highest BCUT2D eigenvalue weighted by molar-refractivity contribution is 8.00. The molecule has 1 aliphatic heterocycles. The average Bonchev–Trinajstić information content (AvgIpc) is 2.68. The van der Waals surface area contributed by atoms with E-state index in [0.29, 0.717) is 19.8 Å². The molecule has 0 atom stereocenters. The summed E-state index contributed by atoms with van der Waals surface area (Å²) in [7, 11) is 0. The van der Waals surface area contributed by atoms with Crippen molar-refractivity contribution in [3.05, 3.63) is 69.2 Å². The number of hydrogen-bond acceptors (Lipinski definition) is 5. The number of nitro groups is 1. The molecule has 0 spiro atoms. The molecule has 6 nitrogen and oxygen atoms in total. The minimum atomic E-state index is -0.543. The fourth-order valence-corrected chi connectivity index (χ4v) is 4.45. The van der Waals surface area contributed by atoms with Crippen LogP contribution in [0.1, 0.15) is 23.2 Å². The van der Waals surface area contributed by atoms with Crippen molar-refractivity contribution in [1.29, 1.82) is 0 Å². The summed E-state index contributed by atoms with van der Waals surface area (Å²) < 4.78 is 5.30. The Balaban J connectivity index is 1.74. The Morgan fingerprint density at radius 3 is 2.59 bits per heavy atom. The first-order valence-electron chi connectivity index (χ1n) is 8.53. The first kappa shape index (κ1) is 19.7. The Bertz CT molecular complexity index is 826. The van der Waals surface area contributed by atoms with Crippen LogP contribution in [0, 0.1) is 10.1 Å². The van der Waals surface area contributed by atoms with Gasteiger partial charge in [-0.05, 0) is 31.0 Å². The zero-order valence-corrected chi connectivity index (χ0v) is 16.1. The first-order chi connectivity index (χ1) is 13.0. The second kappa shape index (κ2) is 8.73. The molecule has 1 fully saturated rings. The number of rotatable bonds is 6. The molecular formula is C19H19ClN2O4S. The maximum atomic E-state index is 12.6. The van der Waals surface area contributed by atoms with E-state index in [4.69, 9.17) is 16.3 Å². The summed E-state index contributed by atoms with van der Waals surface area (Å²) in [5.41, 5.74) is -0.0539. The average molecular weight is 407 g/mol. The standard InChI is InChI=1S/C19H19ClN2O4S/c20-17-7-6-14(22(24)25)12-16(17)18(23)21-13-19(8-10-26-11-9-19)27-15-4-2-1-3-5-15/h1-7,12H,8-11,13H2,(H,21,23). The molecule has 0 bridgehead atoms. The van der Waals surface area contributed by atoms with E-state index in [1.54, 1.807) is 11.8 Å². The van der Waals surface area contributed by atoms with Gasteiger partial charge in [0.2, 0.25) is 0 Å². The molecule has 0 aliphatic carbocycles. The van der Waals surface area contributed by atoms with Gasteiger partial charge in [-0.3, -0.25) is 14.9 Å². The number of benzene rings is 2. The van der Waals surface area contributed by atoms with Crippen LogP contribution in [0.25, 0.3) is 0 Å². The lowest BCUT2D eigenvalue weighted by atomic mass is 9.99. The van der Waals surface area contributed by atoms with Crippen molar-refractivity contribution in [1.82, 2.24) is 5.32 Å². The molecule has 0 saturated carbocycles. The number of thioether (sulfide) groups is 1. The van der Waals surface area contributed by atoms with Gasteiger partial charge in [-0.25, -0.2) is 0 Å². The van der Waals surface area contributed by atoms with Crippen molar-refractivity contribution in [3.63, 3.8) is 0 Å². The second-order valence-corrected chi connectivity index (χ2v) is 8.26. The molecular weight excluding hydrogens is 388 g/mol. The number of halogens is 1. The summed E-state index contributed by atoms with van der Waals surface area (Å²) in [6.07, 6.45) is 1.60. The monoisotopic (exact) mass is 406 g/mol. The van der Waals surface area contributed by atoms with Crippen molar-refractivity contribution in [2.75, 3.05) is 19.8 Å². The molecule has 1 aliphatic rings. The summed E-state index contributed by atoms with van der Waals surface area (Å²) in [6.45, 7) is 1.69. The summed E-state index contributed by atoms with van der Waals surface area (Å²) in [4.78, 5) is 24.2. The van der Waals surface area contributed by atoms with Gasteiger partial charge in [0.15, 0.2) is 0 Å². The molecule has 142 valence electrons. The van der Waals surface area contributed by atoms with Crippen molar-refractivity contribution < 1.29 is 14.5 Å². The molecule has 1 saturated heterocycles.